The molecule has 0 amide bonds. The van der Waals surface area contributed by atoms with Gasteiger partial charge in [0.05, 0.1) is 11.0 Å². The molecule has 2 heterocycles. The summed E-state index contributed by atoms with van der Waals surface area (Å²) in [4.78, 5) is 17.9. The van der Waals surface area contributed by atoms with Gasteiger partial charge in [-0.2, -0.15) is 0 Å². The molecule has 2 aromatic carbocycles. The van der Waals surface area contributed by atoms with E-state index in [2.05, 4.69) is 47.1 Å². The van der Waals surface area contributed by atoms with Gasteiger partial charge in [-0.25, -0.2) is 4.79 Å². The van der Waals surface area contributed by atoms with Crippen molar-refractivity contribution in [3.8, 4) is 0 Å². The van der Waals surface area contributed by atoms with E-state index in [9.17, 15) is 4.79 Å². The Hall–Kier alpha value is -2.33. The smallest absolute Gasteiger partial charge is 0.306 e. The number of likely N-dealkylation sites (tertiary alicyclic amines) is 1. The van der Waals surface area contributed by atoms with Crippen molar-refractivity contribution in [2.75, 3.05) is 13.1 Å². The van der Waals surface area contributed by atoms with Crippen molar-refractivity contribution in [2.24, 2.45) is 5.92 Å². The molecule has 0 aliphatic carbocycles. The summed E-state index contributed by atoms with van der Waals surface area (Å²) in [6, 6.07) is 18.9. The van der Waals surface area contributed by atoms with Gasteiger partial charge < -0.3 is 4.98 Å². The predicted octanol–water partition coefficient (Wildman–Crippen LogP) is 3.41. The molecule has 1 saturated heterocycles. The second-order valence-electron chi connectivity index (χ2n) is 6.87. The lowest BCUT2D eigenvalue weighted by molar-refractivity contribution is 0.127. The Labute approximate surface area is 141 Å². The van der Waals surface area contributed by atoms with Crippen LogP contribution < -0.4 is 5.69 Å². The lowest BCUT2D eigenvalue weighted by atomic mass is 9.93. The van der Waals surface area contributed by atoms with E-state index in [1.807, 2.05) is 28.8 Å². The van der Waals surface area contributed by atoms with Crippen LogP contribution in [0.5, 0.6) is 0 Å². The maximum Gasteiger partial charge on any atom is 0.326 e. The Bertz CT molecular complexity index is 881. The minimum absolute atomic E-state index is 0.0181. The Morgan fingerprint density at radius 1 is 1.08 bits per heavy atom. The molecule has 0 spiro atoms. The van der Waals surface area contributed by atoms with E-state index in [4.69, 9.17) is 0 Å². The predicted molar refractivity (Wildman–Crippen MR) is 97.1 cm³/mol. The van der Waals surface area contributed by atoms with Crippen LogP contribution in [0.25, 0.3) is 11.0 Å². The molecular formula is C20H23N3O. The van der Waals surface area contributed by atoms with Crippen molar-refractivity contribution in [2.45, 2.75) is 25.9 Å². The number of hydrogen-bond donors (Lipinski definition) is 1. The number of nitrogens with one attached hydrogen (secondary N) is 1. The zero-order chi connectivity index (χ0) is 16.5. The molecule has 3 aromatic rings. The summed E-state index contributed by atoms with van der Waals surface area (Å²) in [7, 11) is 0. The van der Waals surface area contributed by atoms with Gasteiger partial charge in [-0.05, 0) is 30.0 Å². The third-order valence-electron chi connectivity index (χ3n) is 5.15. The van der Waals surface area contributed by atoms with Gasteiger partial charge in [-0.15, -0.1) is 0 Å². The highest BCUT2D eigenvalue weighted by Gasteiger charge is 2.29. The van der Waals surface area contributed by atoms with Crippen molar-refractivity contribution in [3.63, 3.8) is 0 Å². The zero-order valence-electron chi connectivity index (χ0n) is 14.0. The highest BCUT2D eigenvalue weighted by molar-refractivity contribution is 5.75. The molecule has 1 aliphatic heterocycles. The summed E-state index contributed by atoms with van der Waals surface area (Å²) < 4.78 is 1.97. The van der Waals surface area contributed by atoms with Crippen LogP contribution in [-0.2, 0) is 6.54 Å². The molecule has 24 heavy (non-hydrogen) atoms. The molecule has 0 saturated carbocycles. The van der Waals surface area contributed by atoms with Crippen LogP contribution in [0.3, 0.4) is 0 Å². The third-order valence-corrected chi connectivity index (χ3v) is 5.15. The normalized spacial score (nSPS) is 22.0. The number of aromatic amines is 1. The Morgan fingerprint density at radius 2 is 1.83 bits per heavy atom. The fourth-order valence-corrected chi connectivity index (χ4v) is 3.99. The topological polar surface area (TPSA) is 41.0 Å². The fourth-order valence-electron chi connectivity index (χ4n) is 3.99. The van der Waals surface area contributed by atoms with E-state index in [0.717, 1.165) is 37.1 Å². The summed E-state index contributed by atoms with van der Waals surface area (Å²) in [6.07, 6.45) is 1.01. The number of benzene rings is 2. The Morgan fingerprint density at radius 3 is 2.62 bits per heavy atom. The van der Waals surface area contributed by atoms with Crippen molar-refractivity contribution in [3.05, 3.63) is 70.6 Å². The lowest BCUT2D eigenvalue weighted by Crippen LogP contribution is -2.41. The van der Waals surface area contributed by atoms with E-state index >= 15 is 0 Å². The highest BCUT2D eigenvalue weighted by atomic mass is 16.1. The molecule has 4 heteroatoms. The average Bonchev–Trinajstić information content (AvgIpc) is 2.92. The maximum absolute atomic E-state index is 12.4. The molecule has 0 bridgehead atoms. The number of rotatable bonds is 3. The number of para-hydroxylation sites is 2. The number of fused-ring (bicyclic) bond motifs is 1. The Kier molecular flexibility index (Phi) is 3.98. The molecule has 0 radical (unpaired) electrons. The molecule has 2 atom stereocenters. The van der Waals surface area contributed by atoms with Crippen LogP contribution in [0.1, 0.15) is 24.9 Å². The first kappa shape index (κ1) is 15.2. The molecule has 4 nitrogen and oxygen atoms in total. The number of imidazole rings is 1. The van der Waals surface area contributed by atoms with Gasteiger partial charge in [0.2, 0.25) is 0 Å². The van der Waals surface area contributed by atoms with Gasteiger partial charge in [0.1, 0.15) is 0 Å². The summed E-state index contributed by atoms with van der Waals surface area (Å²) in [5.74, 6) is 0.444. The summed E-state index contributed by atoms with van der Waals surface area (Å²) >= 11 is 0. The quantitative estimate of drug-likeness (QED) is 0.803. The minimum atomic E-state index is 0.0181. The maximum atomic E-state index is 12.4. The SMILES string of the molecule is C[C@H]1CN(Cc2ccccc2)CC[C@@H]1n1c(=O)[nH]c2ccccc21. The van der Waals surface area contributed by atoms with Gasteiger partial charge in [-0.3, -0.25) is 9.47 Å². The van der Waals surface area contributed by atoms with Crippen molar-refractivity contribution in [1.82, 2.24) is 14.5 Å². The summed E-state index contributed by atoms with van der Waals surface area (Å²) in [5.41, 5.74) is 3.33. The highest BCUT2D eigenvalue weighted by Crippen LogP contribution is 2.30. The van der Waals surface area contributed by atoms with Gasteiger partial charge in [-0.1, -0.05) is 49.4 Å². The van der Waals surface area contributed by atoms with Gasteiger partial charge in [0.25, 0.3) is 0 Å². The van der Waals surface area contributed by atoms with Crippen LogP contribution in [0, 0.1) is 5.92 Å². The van der Waals surface area contributed by atoms with E-state index in [0.29, 0.717) is 5.92 Å². The van der Waals surface area contributed by atoms with E-state index in [1.165, 1.54) is 5.56 Å². The second-order valence-corrected chi connectivity index (χ2v) is 6.87. The minimum Gasteiger partial charge on any atom is -0.306 e. The third kappa shape index (κ3) is 2.78. The monoisotopic (exact) mass is 321 g/mol. The number of hydrogen-bond acceptors (Lipinski definition) is 2. The van der Waals surface area contributed by atoms with E-state index in [1.54, 1.807) is 0 Å². The van der Waals surface area contributed by atoms with Crippen LogP contribution in [0.15, 0.2) is 59.4 Å². The molecule has 0 unspecified atom stereocenters. The number of piperidine rings is 1. The average molecular weight is 321 g/mol. The fraction of sp³-hybridized carbons (Fsp3) is 0.350. The van der Waals surface area contributed by atoms with Gasteiger partial charge in [0, 0.05) is 25.7 Å². The first-order valence-electron chi connectivity index (χ1n) is 8.68. The standard InChI is InChI=1S/C20H23N3O/c1-15-13-22(14-16-7-3-2-4-8-16)12-11-18(15)23-19-10-6-5-9-17(19)21-20(23)24/h2-10,15,18H,11-14H2,1H3,(H,21,24)/t15-,18-/m0/s1. The lowest BCUT2D eigenvalue weighted by Gasteiger charge is -2.37. The van der Waals surface area contributed by atoms with E-state index in [-0.39, 0.29) is 11.7 Å². The Balaban J connectivity index is 1.54. The molecule has 1 N–H and O–H groups in total. The van der Waals surface area contributed by atoms with Crippen LogP contribution in [-0.4, -0.2) is 27.5 Å². The van der Waals surface area contributed by atoms with Crippen molar-refractivity contribution >= 4 is 11.0 Å². The second kappa shape index (κ2) is 6.29. The largest absolute Gasteiger partial charge is 0.326 e. The van der Waals surface area contributed by atoms with E-state index < -0.39 is 0 Å². The van der Waals surface area contributed by atoms with Gasteiger partial charge in [0.15, 0.2) is 0 Å². The first-order valence-corrected chi connectivity index (χ1v) is 8.68. The van der Waals surface area contributed by atoms with Crippen molar-refractivity contribution < 1.29 is 0 Å². The molecule has 1 aliphatic rings. The summed E-state index contributed by atoms with van der Waals surface area (Å²) in [6.45, 7) is 5.29. The van der Waals surface area contributed by atoms with Crippen LogP contribution in [0.4, 0.5) is 0 Å². The molecular weight excluding hydrogens is 298 g/mol. The zero-order valence-corrected chi connectivity index (χ0v) is 14.0. The number of nitrogens with zero attached hydrogens (tertiary/aromatic N) is 2. The molecule has 1 fully saturated rings. The molecule has 1 aromatic heterocycles. The van der Waals surface area contributed by atoms with Crippen molar-refractivity contribution in [1.29, 1.82) is 0 Å². The number of aromatic nitrogens is 2. The molecule has 124 valence electrons. The number of H-pyrrole nitrogens is 1. The molecule has 4 rings (SSSR count). The van der Waals surface area contributed by atoms with Gasteiger partial charge >= 0.3 is 5.69 Å². The summed E-state index contributed by atoms with van der Waals surface area (Å²) in [5, 5.41) is 0. The first-order chi connectivity index (χ1) is 11.7. The van der Waals surface area contributed by atoms with Crippen LogP contribution in [0.2, 0.25) is 0 Å². The van der Waals surface area contributed by atoms with Crippen LogP contribution >= 0.6 is 0 Å².